The summed E-state index contributed by atoms with van der Waals surface area (Å²) in [4.78, 5) is 17.3. The van der Waals surface area contributed by atoms with E-state index in [1.165, 1.54) is 4.90 Å². The lowest BCUT2D eigenvalue weighted by Crippen LogP contribution is -3.11. The molecule has 0 spiro atoms. The molecule has 0 saturated carbocycles. The molecule has 0 aromatic heterocycles. The smallest absolute Gasteiger partial charge is 0.175 e. The summed E-state index contributed by atoms with van der Waals surface area (Å²) in [7, 11) is 3.74. The van der Waals surface area contributed by atoms with E-state index in [1.807, 2.05) is 12.1 Å². The highest BCUT2D eigenvalue weighted by molar-refractivity contribution is 8.13. The van der Waals surface area contributed by atoms with Gasteiger partial charge in [-0.25, -0.2) is 4.99 Å². The van der Waals surface area contributed by atoms with Gasteiger partial charge in [0.25, 0.3) is 0 Å². The largest absolute Gasteiger partial charge is 0.496 e. The van der Waals surface area contributed by atoms with Gasteiger partial charge in [0.2, 0.25) is 0 Å². The quantitative estimate of drug-likeness (QED) is 0.795. The molecule has 2 rings (SSSR count). The van der Waals surface area contributed by atoms with Gasteiger partial charge in [-0.15, -0.1) is 0 Å². The standard InChI is InChI=1S/C14H19N3O2S/c1-10(18)11-4-5-13(19-3)12(6-11)7-20-14-15-8-17(2)9-16-14/h4-6H,7-9H2,1-3H3,(H,15,16)/p+1. The van der Waals surface area contributed by atoms with Crippen molar-refractivity contribution < 1.29 is 14.4 Å². The van der Waals surface area contributed by atoms with Crippen molar-refractivity contribution >= 4 is 22.7 Å². The third-order valence-corrected chi connectivity index (χ3v) is 4.09. The molecular formula is C14H20N3O2S+. The van der Waals surface area contributed by atoms with Crippen LogP contribution in [0.2, 0.25) is 0 Å². The van der Waals surface area contributed by atoms with Crippen LogP contribution in [0.25, 0.3) is 0 Å². The maximum absolute atomic E-state index is 11.5. The van der Waals surface area contributed by atoms with E-state index < -0.39 is 0 Å². The van der Waals surface area contributed by atoms with Crippen molar-refractivity contribution in [3.8, 4) is 5.75 Å². The van der Waals surface area contributed by atoms with Gasteiger partial charge in [-0.2, -0.15) is 0 Å². The second kappa shape index (κ2) is 6.76. The highest BCUT2D eigenvalue weighted by atomic mass is 32.2. The zero-order chi connectivity index (χ0) is 14.5. The van der Waals surface area contributed by atoms with Gasteiger partial charge in [-0.1, -0.05) is 11.8 Å². The SMILES string of the molecule is COc1ccc(C(C)=O)cc1CSC1=NC[NH+](C)CN1. The van der Waals surface area contributed by atoms with Crippen molar-refractivity contribution in [3.05, 3.63) is 29.3 Å². The molecule has 1 heterocycles. The minimum Gasteiger partial charge on any atom is -0.496 e. The van der Waals surface area contributed by atoms with Crippen LogP contribution >= 0.6 is 11.8 Å². The fraction of sp³-hybridized carbons (Fsp3) is 0.429. The number of rotatable bonds is 4. The molecule has 0 radical (unpaired) electrons. The lowest BCUT2D eigenvalue weighted by atomic mass is 10.1. The number of hydrogen-bond acceptors (Lipinski definition) is 5. The summed E-state index contributed by atoms with van der Waals surface area (Å²) >= 11 is 1.64. The highest BCUT2D eigenvalue weighted by Crippen LogP contribution is 2.25. The Labute approximate surface area is 123 Å². The first-order chi connectivity index (χ1) is 9.60. The van der Waals surface area contributed by atoms with Gasteiger partial charge < -0.3 is 15.0 Å². The molecule has 20 heavy (non-hydrogen) atoms. The fourth-order valence-electron chi connectivity index (χ4n) is 1.90. The average Bonchev–Trinajstić information content (AvgIpc) is 2.46. The monoisotopic (exact) mass is 294 g/mol. The van der Waals surface area contributed by atoms with E-state index in [1.54, 1.807) is 31.9 Å². The number of carbonyl (C=O) groups is 1. The summed E-state index contributed by atoms with van der Waals surface area (Å²) in [5, 5.41) is 4.23. The maximum atomic E-state index is 11.5. The van der Waals surface area contributed by atoms with Gasteiger partial charge in [0.1, 0.15) is 5.75 Å². The Kier molecular flexibility index (Phi) is 5.03. The topological polar surface area (TPSA) is 55.1 Å². The number of thioether (sulfide) groups is 1. The number of Topliss-reactive ketones (excluding diaryl/α,β-unsaturated/α-hetero) is 1. The number of benzene rings is 1. The second-order valence-corrected chi connectivity index (χ2v) is 5.77. The van der Waals surface area contributed by atoms with Crippen molar-refractivity contribution in [1.29, 1.82) is 0 Å². The van der Waals surface area contributed by atoms with Crippen molar-refractivity contribution in [2.24, 2.45) is 4.99 Å². The van der Waals surface area contributed by atoms with E-state index in [2.05, 4.69) is 17.4 Å². The van der Waals surface area contributed by atoms with Crippen LogP contribution in [0.1, 0.15) is 22.8 Å². The van der Waals surface area contributed by atoms with Crippen LogP contribution in [0.5, 0.6) is 5.75 Å². The number of nitrogens with zero attached hydrogens (tertiary/aromatic N) is 1. The van der Waals surface area contributed by atoms with Crippen LogP contribution in [0.15, 0.2) is 23.2 Å². The number of methoxy groups -OCH3 is 1. The first-order valence-corrected chi connectivity index (χ1v) is 7.49. The summed E-state index contributed by atoms with van der Waals surface area (Å²) in [5.41, 5.74) is 1.73. The zero-order valence-electron chi connectivity index (χ0n) is 12.0. The zero-order valence-corrected chi connectivity index (χ0v) is 12.8. The average molecular weight is 294 g/mol. The van der Waals surface area contributed by atoms with Crippen LogP contribution in [-0.4, -0.2) is 38.4 Å². The Hall–Kier alpha value is -1.53. The second-order valence-electron chi connectivity index (χ2n) is 4.80. The van der Waals surface area contributed by atoms with Crippen LogP contribution in [0.4, 0.5) is 0 Å². The molecule has 5 nitrogen and oxygen atoms in total. The number of carbonyl (C=O) groups excluding carboxylic acids is 1. The Bertz CT molecular complexity index is 531. The number of amidine groups is 1. The molecule has 0 amide bonds. The Morgan fingerprint density at radius 3 is 2.95 bits per heavy atom. The first-order valence-electron chi connectivity index (χ1n) is 6.50. The molecule has 6 heteroatoms. The van der Waals surface area contributed by atoms with Crippen molar-refractivity contribution in [2.75, 3.05) is 27.5 Å². The van der Waals surface area contributed by atoms with Crippen LogP contribution in [-0.2, 0) is 5.75 Å². The van der Waals surface area contributed by atoms with Crippen molar-refractivity contribution in [1.82, 2.24) is 5.32 Å². The molecule has 2 N–H and O–H groups in total. The van der Waals surface area contributed by atoms with Crippen LogP contribution in [0, 0.1) is 0 Å². The number of quaternary nitrogens is 1. The van der Waals surface area contributed by atoms with E-state index in [4.69, 9.17) is 4.74 Å². The molecule has 0 aliphatic carbocycles. The van der Waals surface area contributed by atoms with Gasteiger partial charge in [0.05, 0.1) is 14.2 Å². The molecule has 1 atom stereocenters. The van der Waals surface area contributed by atoms with Crippen LogP contribution in [0.3, 0.4) is 0 Å². The van der Waals surface area contributed by atoms with E-state index in [0.717, 1.165) is 35.6 Å². The molecule has 0 fully saturated rings. The van der Waals surface area contributed by atoms with Gasteiger partial charge in [0, 0.05) is 16.9 Å². The highest BCUT2D eigenvalue weighted by Gasteiger charge is 2.13. The van der Waals surface area contributed by atoms with Gasteiger partial charge in [0.15, 0.2) is 24.3 Å². The minimum atomic E-state index is 0.0669. The Morgan fingerprint density at radius 1 is 1.55 bits per heavy atom. The summed E-state index contributed by atoms with van der Waals surface area (Å²) < 4.78 is 5.35. The maximum Gasteiger partial charge on any atom is 0.175 e. The summed E-state index contributed by atoms with van der Waals surface area (Å²) in [5.74, 6) is 1.61. The molecule has 1 aromatic rings. The van der Waals surface area contributed by atoms with E-state index in [9.17, 15) is 4.79 Å². The van der Waals surface area contributed by atoms with Crippen molar-refractivity contribution in [2.45, 2.75) is 12.7 Å². The number of ether oxygens (including phenoxy) is 1. The fourth-order valence-corrected chi connectivity index (χ4v) is 2.75. The minimum absolute atomic E-state index is 0.0669. The third-order valence-electron chi connectivity index (χ3n) is 3.09. The van der Waals surface area contributed by atoms with E-state index in [-0.39, 0.29) is 5.78 Å². The normalized spacial score (nSPS) is 18.1. The molecule has 0 saturated heterocycles. The predicted octanol–water partition coefficient (Wildman–Crippen LogP) is 0.520. The lowest BCUT2D eigenvalue weighted by molar-refractivity contribution is -0.882. The number of hydrogen-bond donors (Lipinski definition) is 2. The molecule has 108 valence electrons. The van der Waals surface area contributed by atoms with E-state index in [0.29, 0.717) is 5.56 Å². The third kappa shape index (κ3) is 3.74. The number of nitrogens with one attached hydrogen (secondary N) is 2. The Balaban J connectivity index is 2.07. The molecule has 1 unspecified atom stereocenters. The number of ketones is 1. The molecule has 1 aliphatic heterocycles. The van der Waals surface area contributed by atoms with Gasteiger partial charge in [-0.05, 0) is 25.1 Å². The molecule has 1 aromatic carbocycles. The molecule has 0 bridgehead atoms. The summed E-state index contributed by atoms with van der Waals surface area (Å²) in [6, 6.07) is 5.54. The number of aliphatic imine (C=N–C) groups is 1. The lowest BCUT2D eigenvalue weighted by Gasteiger charge is -2.20. The molecule has 1 aliphatic rings. The summed E-state index contributed by atoms with van der Waals surface area (Å²) in [6.07, 6.45) is 0. The van der Waals surface area contributed by atoms with Gasteiger partial charge >= 0.3 is 0 Å². The van der Waals surface area contributed by atoms with E-state index >= 15 is 0 Å². The molecular weight excluding hydrogens is 274 g/mol. The van der Waals surface area contributed by atoms with Crippen molar-refractivity contribution in [3.63, 3.8) is 0 Å². The summed E-state index contributed by atoms with van der Waals surface area (Å²) in [6.45, 7) is 3.25. The van der Waals surface area contributed by atoms with Crippen LogP contribution < -0.4 is 15.0 Å². The van der Waals surface area contributed by atoms with Gasteiger partial charge in [-0.3, -0.25) is 4.79 Å². The Morgan fingerprint density at radius 2 is 2.35 bits per heavy atom. The first kappa shape index (κ1) is 14.9. The predicted molar refractivity (Wildman–Crippen MR) is 81.5 cm³/mol.